The first kappa shape index (κ1) is 14.3. The highest BCUT2D eigenvalue weighted by atomic mass is 32.2. The molecular weight excluding hydrogens is 256 g/mol. The topological polar surface area (TPSA) is 0 Å². The molecule has 2 heteroatoms. The molecule has 0 nitrogen and oxygen atoms in total. The number of rotatable bonds is 4. The van der Waals surface area contributed by atoms with Gasteiger partial charge in [-0.05, 0) is 36.8 Å². The van der Waals surface area contributed by atoms with E-state index in [4.69, 9.17) is 0 Å². The van der Waals surface area contributed by atoms with Crippen molar-refractivity contribution in [1.29, 1.82) is 0 Å². The maximum atomic E-state index is 2.47. The van der Waals surface area contributed by atoms with E-state index in [1.165, 1.54) is 36.3 Å². The Morgan fingerprint density at radius 2 is 1.78 bits per heavy atom. The summed E-state index contributed by atoms with van der Waals surface area (Å²) in [6, 6.07) is 11.1. The standard InChI is InChI=1S/C16H24S2/c1-4-11-15(2,14-9-6-5-7-10-14)16(3)17-12-8-13-18-16/h5-7,9-10H,4,8,11-13H2,1-3H3. The van der Waals surface area contributed by atoms with Crippen molar-refractivity contribution in [3.63, 3.8) is 0 Å². The van der Waals surface area contributed by atoms with E-state index >= 15 is 0 Å². The van der Waals surface area contributed by atoms with Crippen LogP contribution in [-0.4, -0.2) is 15.6 Å². The third-order valence-corrected chi connectivity index (χ3v) is 7.90. The molecule has 1 atom stereocenters. The summed E-state index contributed by atoms with van der Waals surface area (Å²) in [7, 11) is 0. The quantitative estimate of drug-likeness (QED) is 0.731. The van der Waals surface area contributed by atoms with Crippen molar-refractivity contribution in [2.45, 2.75) is 49.5 Å². The summed E-state index contributed by atoms with van der Waals surface area (Å²) in [5, 5.41) is 0. The molecule has 0 aliphatic carbocycles. The molecule has 0 N–H and O–H groups in total. The van der Waals surface area contributed by atoms with Gasteiger partial charge in [0.1, 0.15) is 0 Å². The second-order valence-electron chi connectivity index (χ2n) is 5.44. The smallest absolute Gasteiger partial charge is 0.0676 e. The Bertz CT molecular complexity index is 368. The molecule has 0 aromatic heterocycles. The summed E-state index contributed by atoms with van der Waals surface area (Å²) < 4.78 is 0.322. The zero-order valence-corrected chi connectivity index (χ0v) is 13.4. The third kappa shape index (κ3) is 2.60. The molecule has 18 heavy (non-hydrogen) atoms. The highest BCUT2D eigenvalue weighted by molar-refractivity contribution is 8.18. The molecule has 1 aliphatic heterocycles. The Balaban J connectivity index is 2.36. The first-order valence-corrected chi connectivity index (χ1v) is 8.93. The largest absolute Gasteiger partial charge is 0.144 e. The lowest BCUT2D eigenvalue weighted by Crippen LogP contribution is -2.44. The molecule has 1 saturated heterocycles. The van der Waals surface area contributed by atoms with Gasteiger partial charge in [0.2, 0.25) is 0 Å². The van der Waals surface area contributed by atoms with E-state index in [2.05, 4.69) is 74.6 Å². The fourth-order valence-corrected chi connectivity index (χ4v) is 6.34. The molecule has 1 aromatic carbocycles. The van der Waals surface area contributed by atoms with Crippen LogP contribution in [0.15, 0.2) is 30.3 Å². The van der Waals surface area contributed by atoms with Gasteiger partial charge < -0.3 is 0 Å². The third-order valence-electron chi connectivity index (χ3n) is 4.21. The minimum Gasteiger partial charge on any atom is -0.144 e. The molecule has 0 bridgehead atoms. The monoisotopic (exact) mass is 280 g/mol. The number of hydrogen-bond acceptors (Lipinski definition) is 2. The average molecular weight is 281 g/mol. The Hall–Kier alpha value is -0.0800. The van der Waals surface area contributed by atoms with E-state index in [-0.39, 0.29) is 5.41 Å². The van der Waals surface area contributed by atoms with Crippen LogP contribution in [0.25, 0.3) is 0 Å². The predicted molar refractivity (Wildman–Crippen MR) is 86.6 cm³/mol. The van der Waals surface area contributed by atoms with Crippen molar-refractivity contribution in [2.24, 2.45) is 0 Å². The van der Waals surface area contributed by atoms with Gasteiger partial charge in [0.25, 0.3) is 0 Å². The summed E-state index contributed by atoms with van der Waals surface area (Å²) in [5.41, 5.74) is 1.79. The lowest BCUT2D eigenvalue weighted by atomic mass is 9.75. The summed E-state index contributed by atoms with van der Waals surface area (Å²) >= 11 is 4.34. The van der Waals surface area contributed by atoms with E-state index in [1.807, 2.05) is 0 Å². The summed E-state index contributed by atoms with van der Waals surface area (Å²) in [4.78, 5) is 0. The highest BCUT2D eigenvalue weighted by Gasteiger charge is 2.46. The molecule has 100 valence electrons. The molecule has 0 saturated carbocycles. The Morgan fingerprint density at radius 3 is 2.33 bits per heavy atom. The van der Waals surface area contributed by atoms with Crippen LogP contribution >= 0.6 is 23.5 Å². The molecule has 0 spiro atoms. The van der Waals surface area contributed by atoms with Crippen molar-refractivity contribution in [1.82, 2.24) is 0 Å². The SMILES string of the molecule is CCCC(C)(c1ccccc1)C1(C)SCCCS1. The van der Waals surface area contributed by atoms with Crippen LogP contribution in [0.1, 0.15) is 45.6 Å². The fourth-order valence-electron chi connectivity index (χ4n) is 2.89. The van der Waals surface area contributed by atoms with Gasteiger partial charge >= 0.3 is 0 Å². The molecule has 0 amide bonds. The lowest BCUT2D eigenvalue weighted by Gasteiger charge is -2.48. The first-order chi connectivity index (χ1) is 8.62. The molecule has 1 aromatic rings. The van der Waals surface area contributed by atoms with E-state index in [9.17, 15) is 0 Å². The van der Waals surface area contributed by atoms with Crippen LogP contribution in [0.5, 0.6) is 0 Å². The Kier molecular flexibility index (Phi) is 4.71. The molecule has 1 aliphatic rings. The molecule has 1 heterocycles. The summed E-state index contributed by atoms with van der Waals surface area (Å²) in [6.07, 6.45) is 3.89. The highest BCUT2D eigenvalue weighted by Crippen LogP contribution is 2.56. The number of thioether (sulfide) groups is 2. The second-order valence-corrected chi connectivity index (χ2v) is 8.73. The Labute approximate surface area is 120 Å². The van der Waals surface area contributed by atoms with Gasteiger partial charge in [0, 0.05) is 5.41 Å². The summed E-state index contributed by atoms with van der Waals surface area (Å²) in [5.74, 6) is 2.63. The van der Waals surface area contributed by atoms with Crippen LogP contribution in [0.4, 0.5) is 0 Å². The molecule has 0 radical (unpaired) electrons. The van der Waals surface area contributed by atoms with Crippen LogP contribution in [0, 0.1) is 0 Å². The van der Waals surface area contributed by atoms with E-state index in [1.54, 1.807) is 0 Å². The first-order valence-electron chi connectivity index (χ1n) is 6.96. The molecule has 2 rings (SSSR count). The van der Waals surface area contributed by atoms with E-state index < -0.39 is 0 Å². The normalized spacial score (nSPS) is 22.4. The zero-order valence-electron chi connectivity index (χ0n) is 11.7. The van der Waals surface area contributed by atoms with Gasteiger partial charge in [-0.25, -0.2) is 0 Å². The van der Waals surface area contributed by atoms with Crippen molar-refractivity contribution in [2.75, 3.05) is 11.5 Å². The van der Waals surface area contributed by atoms with Crippen molar-refractivity contribution < 1.29 is 0 Å². The molecule has 1 fully saturated rings. The Morgan fingerprint density at radius 1 is 1.17 bits per heavy atom. The van der Waals surface area contributed by atoms with Gasteiger partial charge in [-0.3, -0.25) is 0 Å². The van der Waals surface area contributed by atoms with E-state index in [0.717, 1.165) is 0 Å². The minimum atomic E-state index is 0.277. The van der Waals surface area contributed by atoms with Gasteiger partial charge in [-0.1, -0.05) is 50.6 Å². The summed E-state index contributed by atoms with van der Waals surface area (Å²) in [6.45, 7) is 7.24. The second kappa shape index (κ2) is 5.92. The van der Waals surface area contributed by atoms with Crippen molar-refractivity contribution in [3.8, 4) is 0 Å². The average Bonchev–Trinajstić information content (AvgIpc) is 2.40. The zero-order chi connectivity index (χ0) is 13.1. The van der Waals surface area contributed by atoms with Crippen LogP contribution in [0.3, 0.4) is 0 Å². The van der Waals surface area contributed by atoms with Gasteiger partial charge in [0.15, 0.2) is 0 Å². The maximum Gasteiger partial charge on any atom is 0.0676 e. The fraction of sp³-hybridized carbons (Fsp3) is 0.625. The molecule has 1 unspecified atom stereocenters. The number of hydrogen-bond donors (Lipinski definition) is 0. The van der Waals surface area contributed by atoms with Crippen LogP contribution in [-0.2, 0) is 5.41 Å². The molecular formula is C16H24S2. The lowest BCUT2D eigenvalue weighted by molar-refractivity contribution is 0.401. The van der Waals surface area contributed by atoms with Gasteiger partial charge in [-0.2, -0.15) is 0 Å². The van der Waals surface area contributed by atoms with Crippen molar-refractivity contribution in [3.05, 3.63) is 35.9 Å². The van der Waals surface area contributed by atoms with Gasteiger partial charge in [0.05, 0.1) is 4.08 Å². The minimum absolute atomic E-state index is 0.277. The van der Waals surface area contributed by atoms with Gasteiger partial charge in [-0.15, -0.1) is 23.5 Å². The van der Waals surface area contributed by atoms with E-state index in [0.29, 0.717) is 4.08 Å². The maximum absolute atomic E-state index is 2.47. The van der Waals surface area contributed by atoms with Crippen molar-refractivity contribution >= 4 is 23.5 Å². The predicted octanol–water partition coefficient (Wildman–Crippen LogP) is 5.33. The number of benzene rings is 1. The van der Waals surface area contributed by atoms with Crippen LogP contribution in [0.2, 0.25) is 0 Å². The van der Waals surface area contributed by atoms with Crippen LogP contribution < -0.4 is 0 Å².